The fraction of sp³-hybridized carbons (Fsp3) is 0.250. The molecule has 0 aliphatic heterocycles. The molecular weight excluding hydrogens is 240 g/mol. The molecule has 0 radical (unpaired) electrons. The highest BCUT2D eigenvalue weighted by molar-refractivity contribution is 5.47. The van der Waals surface area contributed by atoms with Crippen molar-refractivity contribution in [2.45, 2.75) is 20.0 Å². The SMILES string of the molecule is COc1cc(C)ccc1Oc1ccccc1[C@H](C)O. The first-order chi connectivity index (χ1) is 9.11. The molecule has 0 saturated heterocycles. The lowest BCUT2D eigenvalue weighted by molar-refractivity contribution is 0.195. The second-order valence-electron chi connectivity index (χ2n) is 4.47. The summed E-state index contributed by atoms with van der Waals surface area (Å²) in [6, 6.07) is 13.2. The quantitative estimate of drug-likeness (QED) is 0.905. The Hall–Kier alpha value is -2.00. The van der Waals surface area contributed by atoms with Crippen LogP contribution in [0.1, 0.15) is 24.2 Å². The van der Waals surface area contributed by atoms with Crippen LogP contribution in [0.3, 0.4) is 0 Å². The minimum Gasteiger partial charge on any atom is -0.493 e. The van der Waals surface area contributed by atoms with E-state index in [0.717, 1.165) is 11.1 Å². The Morgan fingerprint density at radius 3 is 2.42 bits per heavy atom. The van der Waals surface area contributed by atoms with Gasteiger partial charge in [-0.05, 0) is 37.6 Å². The van der Waals surface area contributed by atoms with Gasteiger partial charge in [0.05, 0.1) is 13.2 Å². The third-order valence-corrected chi connectivity index (χ3v) is 2.91. The maximum atomic E-state index is 9.74. The maximum Gasteiger partial charge on any atom is 0.169 e. The molecule has 0 heterocycles. The molecule has 2 rings (SSSR count). The molecule has 0 amide bonds. The van der Waals surface area contributed by atoms with Gasteiger partial charge in [0, 0.05) is 5.56 Å². The summed E-state index contributed by atoms with van der Waals surface area (Å²) in [5.74, 6) is 1.96. The van der Waals surface area contributed by atoms with E-state index >= 15 is 0 Å². The molecule has 1 atom stereocenters. The molecule has 0 spiro atoms. The lowest BCUT2D eigenvalue weighted by Crippen LogP contribution is -1.97. The second-order valence-corrected chi connectivity index (χ2v) is 4.47. The average molecular weight is 258 g/mol. The summed E-state index contributed by atoms with van der Waals surface area (Å²) in [7, 11) is 1.61. The van der Waals surface area contributed by atoms with Crippen LogP contribution < -0.4 is 9.47 Å². The molecule has 0 aromatic heterocycles. The highest BCUT2D eigenvalue weighted by Gasteiger charge is 2.11. The number of methoxy groups -OCH3 is 1. The van der Waals surface area contributed by atoms with Crippen molar-refractivity contribution in [2.24, 2.45) is 0 Å². The second kappa shape index (κ2) is 5.76. The molecule has 2 aromatic carbocycles. The van der Waals surface area contributed by atoms with E-state index < -0.39 is 6.10 Å². The number of aliphatic hydroxyl groups is 1. The Kier molecular flexibility index (Phi) is 4.07. The molecule has 1 N–H and O–H groups in total. The molecule has 3 nitrogen and oxygen atoms in total. The van der Waals surface area contributed by atoms with Gasteiger partial charge in [0.2, 0.25) is 0 Å². The lowest BCUT2D eigenvalue weighted by Gasteiger charge is -2.15. The highest BCUT2D eigenvalue weighted by Crippen LogP contribution is 2.35. The van der Waals surface area contributed by atoms with Crippen LogP contribution in [-0.2, 0) is 0 Å². The van der Waals surface area contributed by atoms with Crippen LogP contribution in [0.5, 0.6) is 17.2 Å². The van der Waals surface area contributed by atoms with Crippen molar-refractivity contribution in [3.8, 4) is 17.2 Å². The van der Waals surface area contributed by atoms with Crippen molar-refractivity contribution >= 4 is 0 Å². The Morgan fingerprint density at radius 2 is 1.74 bits per heavy atom. The maximum absolute atomic E-state index is 9.74. The van der Waals surface area contributed by atoms with Crippen LogP contribution in [0.15, 0.2) is 42.5 Å². The van der Waals surface area contributed by atoms with E-state index in [1.54, 1.807) is 14.0 Å². The summed E-state index contributed by atoms with van der Waals surface area (Å²) in [4.78, 5) is 0. The van der Waals surface area contributed by atoms with Gasteiger partial charge in [-0.1, -0.05) is 24.3 Å². The fourth-order valence-corrected chi connectivity index (χ4v) is 1.90. The molecule has 0 fully saturated rings. The molecule has 0 aliphatic rings. The number of benzene rings is 2. The Labute approximate surface area is 113 Å². The van der Waals surface area contributed by atoms with Gasteiger partial charge < -0.3 is 14.6 Å². The van der Waals surface area contributed by atoms with Crippen molar-refractivity contribution in [2.75, 3.05) is 7.11 Å². The van der Waals surface area contributed by atoms with Crippen molar-refractivity contribution in [1.82, 2.24) is 0 Å². The van der Waals surface area contributed by atoms with Gasteiger partial charge in [-0.2, -0.15) is 0 Å². The van der Waals surface area contributed by atoms with Crippen LogP contribution in [0, 0.1) is 6.92 Å². The van der Waals surface area contributed by atoms with Crippen LogP contribution in [0.4, 0.5) is 0 Å². The van der Waals surface area contributed by atoms with Gasteiger partial charge in [0.15, 0.2) is 11.5 Å². The molecule has 0 bridgehead atoms. The summed E-state index contributed by atoms with van der Waals surface area (Å²) < 4.78 is 11.2. The number of ether oxygens (including phenoxy) is 2. The topological polar surface area (TPSA) is 38.7 Å². The zero-order valence-corrected chi connectivity index (χ0v) is 11.4. The minimum absolute atomic E-state index is 0.576. The first-order valence-corrected chi connectivity index (χ1v) is 6.21. The van der Waals surface area contributed by atoms with Gasteiger partial charge in [-0.25, -0.2) is 0 Å². The van der Waals surface area contributed by atoms with Crippen molar-refractivity contribution in [1.29, 1.82) is 0 Å². The van der Waals surface area contributed by atoms with E-state index in [1.165, 1.54) is 0 Å². The van der Waals surface area contributed by atoms with E-state index in [-0.39, 0.29) is 0 Å². The van der Waals surface area contributed by atoms with E-state index in [0.29, 0.717) is 17.2 Å². The predicted octanol–water partition coefficient (Wildman–Crippen LogP) is 3.85. The third-order valence-electron chi connectivity index (χ3n) is 2.91. The number of hydrogen-bond donors (Lipinski definition) is 1. The largest absolute Gasteiger partial charge is 0.493 e. The number of rotatable bonds is 4. The minimum atomic E-state index is -0.576. The van der Waals surface area contributed by atoms with Gasteiger partial charge in [0.25, 0.3) is 0 Å². The smallest absolute Gasteiger partial charge is 0.169 e. The standard InChI is InChI=1S/C16H18O3/c1-11-8-9-15(16(10-11)18-3)19-14-7-5-4-6-13(14)12(2)17/h4-10,12,17H,1-3H3/t12-/m0/s1. The van der Waals surface area contributed by atoms with Crippen molar-refractivity contribution in [3.63, 3.8) is 0 Å². The monoisotopic (exact) mass is 258 g/mol. The number of para-hydroxylation sites is 1. The normalized spacial score (nSPS) is 12.0. The van der Waals surface area contributed by atoms with Crippen LogP contribution in [0.2, 0.25) is 0 Å². The summed E-state index contributed by atoms with van der Waals surface area (Å²) in [6.07, 6.45) is -0.576. The molecule has 0 unspecified atom stereocenters. The van der Waals surface area contributed by atoms with Gasteiger partial charge >= 0.3 is 0 Å². The summed E-state index contributed by atoms with van der Waals surface area (Å²) in [6.45, 7) is 3.71. The zero-order valence-electron chi connectivity index (χ0n) is 11.4. The van der Waals surface area contributed by atoms with Crippen LogP contribution >= 0.6 is 0 Å². The fourth-order valence-electron chi connectivity index (χ4n) is 1.90. The van der Waals surface area contributed by atoms with E-state index in [2.05, 4.69) is 0 Å². The van der Waals surface area contributed by atoms with Crippen molar-refractivity contribution in [3.05, 3.63) is 53.6 Å². The number of aryl methyl sites for hydroxylation is 1. The average Bonchev–Trinajstić information content (AvgIpc) is 2.41. The molecule has 0 saturated carbocycles. The first-order valence-electron chi connectivity index (χ1n) is 6.21. The molecule has 100 valence electrons. The number of hydrogen-bond acceptors (Lipinski definition) is 3. The van der Waals surface area contributed by atoms with Gasteiger partial charge in [-0.3, -0.25) is 0 Å². The summed E-state index contributed by atoms with van der Waals surface area (Å²) in [5.41, 5.74) is 1.86. The molecule has 3 heteroatoms. The molecular formula is C16H18O3. The predicted molar refractivity (Wildman–Crippen MR) is 74.9 cm³/mol. The Balaban J connectivity index is 2.36. The lowest BCUT2D eigenvalue weighted by atomic mass is 10.1. The van der Waals surface area contributed by atoms with Crippen LogP contribution in [0.25, 0.3) is 0 Å². The van der Waals surface area contributed by atoms with E-state index in [4.69, 9.17) is 9.47 Å². The summed E-state index contributed by atoms with van der Waals surface area (Å²) in [5, 5.41) is 9.74. The highest BCUT2D eigenvalue weighted by atomic mass is 16.5. The summed E-state index contributed by atoms with van der Waals surface area (Å²) >= 11 is 0. The first kappa shape index (κ1) is 13.4. The third kappa shape index (κ3) is 3.06. The molecule has 2 aromatic rings. The van der Waals surface area contributed by atoms with Gasteiger partial charge in [0.1, 0.15) is 5.75 Å². The molecule has 19 heavy (non-hydrogen) atoms. The Bertz CT molecular complexity index is 562. The van der Waals surface area contributed by atoms with Gasteiger partial charge in [-0.15, -0.1) is 0 Å². The van der Waals surface area contributed by atoms with Crippen LogP contribution in [-0.4, -0.2) is 12.2 Å². The Morgan fingerprint density at radius 1 is 1.00 bits per heavy atom. The van der Waals surface area contributed by atoms with Crippen molar-refractivity contribution < 1.29 is 14.6 Å². The zero-order chi connectivity index (χ0) is 13.8. The number of aliphatic hydroxyl groups excluding tert-OH is 1. The van der Waals surface area contributed by atoms with E-state index in [1.807, 2.05) is 49.4 Å². The van der Waals surface area contributed by atoms with E-state index in [9.17, 15) is 5.11 Å². The molecule has 0 aliphatic carbocycles.